The monoisotopic (exact) mass is 486 g/mol. The summed E-state index contributed by atoms with van der Waals surface area (Å²) in [5, 5.41) is 0.672. The number of halogens is 1. The summed E-state index contributed by atoms with van der Waals surface area (Å²) < 4.78 is 28.1. The molecular formula is C26H27ClO7. The molecule has 0 bridgehead atoms. The first-order chi connectivity index (χ1) is 16.3. The number of allylic oxidation sites excluding steroid dienone is 1. The van der Waals surface area contributed by atoms with Crippen molar-refractivity contribution in [3.63, 3.8) is 0 Å². The van der Waals surface area contributed by atoms with Crippen molar-refractivity contribution in [2.45, 2.75) is 45.3 Å². The van der Waals surface area contributed by atoms with Gasteiger partial charge in [-0.1, -0.05) is 17.7 Å². The van der Waals surface area contributed by atoms with E-state index < -0.39 is 12.1 Å². The number of carbonyl (C=O) groups is 2. The molecule has 180 valence electrons. The lowest BCUT2D eigenvalue weighted by Crippen LogP contribution is -2.43. The second-order valence-corrected chi connectivity index (χ2v) is 8.86. The Balaban J connectivity index is 1.43. The number of ketones is 1. The molecule has 0 N–H and O–H groups in total. The summed E-state index contributed by atoms with van der Waals surface area (Å²) in [6.07, 6.45) is 2.03. The average Bonchev–Trinajstić information content (AvgIpc) is 2.83. The van der Waals surface area contributed by atoms with Crippen LogP contribution in [-0.2, 0) is 14.3 Å². The Bertz CT molecular complexity index is 1090. The summed E-state index contributed by atoms with van der Waals surface area (Å²) >= 11 is 6.22. The summed E-state index contributed by atoms with van der Waals surface area (Å²) in [5.41, 5.74) is 1.97. The zero-order valence-electron chi connectivity index (χ0n) is 19.6. The van der Waals surface area contributed by atoms with Crippen LogP contribution in [0.25, 0.3) is 0 Å². The van der Waals surface area contributed by atoms with Crippen molar-refractivity contribution in [3.05, 3.63) is 64.1 Å². The van der Waals surface area contributed by atoms with Gasteiger partial charge < -0.3 is 23.7 Å². The Morgan fingerprint density at radius 1 is 1.06 bits per heavy atom. The zero-order chi connectivity index (χ0) is 24.4. The molecule has 4 rings (SSSR count). The van der Waals surface area contributed by atoms with Gasteiger partial charge >= 0.3 is 5.97 Å². The molecule has 1 saturated carbocycles. The largest absolute Gasteiger partial charge is 0.496 e. The van der Waals surface area contributed by atoms with E-state index in [9.17, 15) is 9.59 Å². The van der Waals surface area contributed by atoms with E-state index in [0.29, 0.717) is 41.5 Å². The van der Waals surface area contributed by atoms with Crippen molar-refractivity contribution in [1.29, 1.82) is 0 Å². The lowest BCUT2D eigenvalue weighted by molar-refractivity contribution is -0.132. The number of Topliss-reactive ketones (excluding diaryl/α,β-unsaturated/α-hetero) is 1. The highest BCUT2D eigenvalue weighted by Gasteiger charge is 2.42. The maximum absolute atomic E-state index is 13.1. The molecule has 2 aromatic rings. The van der Waals surface area contributed by atoms with Crippen molar-refractivity contribution >= 4 is 23.4 Å². The fourth-order valence-electron chi connectivity index (χ4n) is 4.47. The Morgan fingerprint density at radius 2 is 1.71 bits per heavy atom. The molecule has 8 heteroatoms. The van der Waals surface area contributed by atoms with Gasteiger partial charge in [0.2, 0.25) is 11.5 Å². The van der Waals surface area contributed by atoms with Crippen LogP contribution in [0.4, 0.5) is 0 Å². The normalized spacial score (nSPS) is 21.6. The van der Waals surface area contributed by atoms with Crippen LogP contribution >= 0.6 is 11.6 Å². The number of esters is 1. The van der Waals surface area contributed by atoms with Crippen LogP contribution in [0.15, 0.2) is 42.4 Å². The third kappa shape index (κ3) is 4.71. The molecule has 0 radical (unpaired) electrons. The number of fused-ring (bicyclic) bond motifs is 1. The van der Waals surface area contributed by atoms with E-state index in [2.05, 4.69) is 0 Å². The third-order valence-electron chi connectivity index (χ3n) is 6.22. The molecular weight excluding hydrogens is 460 g/mol. The minimum Gasteiger partial charge on any atom is -0.496 e. The predicted octanol–water partition coefficient (Wildman–Crippen LogP) is 5.19. The zero-order valence-corrected chi connectivity index (χ0v) is 20.3. The van der Waals surface area contributed by atoms with Crippen LogP contribution in [0.1, 0.15) is 40.7 Å². The van der Waals surface area contributed by atoms with Gasteiger partial charge in [-0.15, -0.1) is 0 Å². The van der Waals surface area contributed by atoms with Crippen molar-refractivity contribution in [3.8, 4) is 17.2 Å². The maximum Gasteiger partial charge on any atom is 0.346 e. The molecule has 1 fully saturated rings. The van der Waals surface area contributed by atoms with Crippen molar-refractivity contribution in [2.24, 2.45) is 5.92 Å². The number of carbonyl (C=O) groups excluding carboxylic acids is 2. The molecule has 2 aliphatic rings. The highest BCUT2D eigenvalue weighted by atomic mass is 35.5. The van der Waals surface area contributed by atoms with Crippen molar-refractivity contribution in [1.82, 2.24) is 0 Å². The first-order valence-electron chi connectivity index (χ1n) is 11.1. The number of benzene rings is 2. The number of methoxy groups -OCH3 is 2. The Hall–Kier alpha value is -3.19. The molecule has 1 aliphatic carbocycles. The molecule has 2 aromatic carbocycles. The smallest absolute Gasteiger partial charge is 0.346 e. The summed E-state index contributed by atoms with van der Waals surface area (Å²) in [6.45, 7) is 3.77. The van der Waals surface area contributed by atoms with E-state index in [1.807, 2.05) is 13.8 Å². The number of hydrogen-bond acceptors (Lipinski definition) is 7. The van der Waals surface area contributed by atoms with Crippen LogP contribution in [-0.4, -0.2) is 38.2 Å². The second kappa shape index (κ2) is 9.97. The van der Waals surface area contributed by atoms with Gasteiger partial charge in [0, 0.05) is 11.4 Å². The first-order valence-corrected chi connectivity index (χ1v) is 11.5. The van der Waals surface area contributed by atoms with Gasteiger partial charge in [-0.3, -0.25) is 4.79 Å². The van der Waals surface area contributed by atoms with E-state index in [1.54, 1.807) is 30.3 Å². The molecule has 0 saturated heterocycles. The van der Waals surface area contributed by atoms with E-state index in [4.69, 9.17) is 35.3 Å². The van der Waals surface area contributed by atoms with E-state index in [0.717, 1.165) is 11.1 Å². The summed E-state index contributed by atoms with van der Waals surface area (Å²) in [6, 6.07) is 8.67. The standard InChI is InChI=1S/C26H27ClO7/c1-14-10-17(11-15(2)24(14)27)33-22-13-32-21-12-16(8-9-18(21)25(22)28)34-26(29)23-19(30-3)6-5-7-20(23)31-4/h5-7,10-11,13,16,18,21H,8-9,12H2,1-4H3. The first kappa shape index (κ1) is 24.0. The minimum atomic E-state index is -0.534. The van der Waals surface area contributed by atoms with Crippen LogP contribution in [0.5, 0.6) is 17.2 Å². The summed E-state index contributed by atoms with van der Waals surface area (Å²) in [4.78, 5) is 26.0. The molecule has 1 aliphatic heterocycles. The molecule has 3 unspecified atom stereocenters. The van der Waals surface area contributed by atoms with Gasteiger partial charge in [0.25, 0.3) is 0 Å². The quantitative estimate of drug-likeness (QED) is 0.520. The SMILES string of the molecule is COc1cccc(OC)c1C(=O)OC1CCC2C(=O)C(Oc3cc(C)c(Cl)c(C)c3)=COC2C1. The average molecular weight is 487 g/mol. The van der Waals surface area contributed by atoms with E-state index >= 15 is 0 Å². The molecule has 34 heavy (non-hydrogen) atoms. The van der Waals surface area contributed by atoms with E-state index in [-0.39, 0.29) is 29.1 Å². The van der Waals surface area contributed by atoms with Crippen LogP contribution in [0, 0.1) is 19.8 Å². The maximum atomic E-state index is 13.1. The van der Waals surface area contributed by atoms with E-state index in [1.165, 1.54) is 20.5 Å². The van der Waals surface area contributed by atoms with Crippen LogP contribution in [0.3, 0.4) is 0 Å². The molecule has 0 spiro atoms. The minimum absolute atomic E-state index is 0.113. The Labute approximate surface area is 203 Å². The molecule has 1 heterocycles. The van der Waals surface area contributed by atoms with Gasteiger partial charge in [-0.2, -0.15) is 0 Å². The predicted molar refractivity (Wildman–Crippen MR) is 126 cm³/mol. The number of ether oxygens (including phenoxy) is 5. The lowest BCUT2D eigenvalue weighted by atomic mass is 9.80. The van der Waals surface area contributed by atoms with Crippen molar-refractivity contribution < 1.29 is 33.3 Å². The van der Waals surface area contributed by atoms with Gasteiger partial charge in [-0.25, -0.2) is 4.79 Å². The number of hydrogen-bond donors (Lipinski definition) is 0. The molecule has 7 nitrogen and oxygen atoms in total. The molecule has 0 amide bonds. The highest BCUT2D eigenvalue weighted by Crippen LogP contribution is 2.37. The fraction of sp³-hybridized carbons (Fsp3) is 0.385. The van der Waals surface area contributed by atoms with Crippen LogP contribution in [0.2, 0.25) is 5.02 Å². The van der Waals surface area contributed by atoms with Crippen molar-refractivity contribution in [2.75, 3.05) is 14.2 Å². The topological polar surface area (TPSA) is 80.3 Å². The van der Waals surface area contributed by atoms with Gasteiger partial charge in [0.15, 0.2) is 0 Å². The fourth-order valence-corrected chi connectivity index (χ4v) is 4.58. The molecule has 3 atom stereocenters. The highest BCUT2D eigenvalue weighted by molar-refractivity contribution is 6.32. The summed E-state index contributed by atoms with van der Waals surface area (Å²) in [7, 11) is 2.97. The molecule has 0 aromatic heterocycles. The van der Waals surface area contributed by atoms with Gasteiger partial charge in [0.1, 0.15) is 41.3 Å². The number of rotatable bonds is 6. The van der Waals surface area contributed by atoms with Gasteiger partial charge in [-0.05, 0) is 62.1 Å². The number of aryl methyl sites for hydroxylation is 2. The Morgan fingerprint density at radius 3 is 2.32 bits per heavy atom. The third-order valence-corrected chi connectivity index (χ3v) is 6.81. The van der Waals surface area contributed by atoms with Crippen LogP contribution < -0.4 is 14.2 Å². The Kier molecular flexibility index (Phi) is 7.03. The van der Waals surface area contributed by atoms with Gasteiger partial charge in [0.05, 0.1) is 20.1 Å². The summed E-state index contributed by atoms with van der Waals surface area (Å²) in [5.74, 6) is 0.445. The second-order valence-electron chi connectivity index (χ2n) is 8.48. The lowest BCUT2D eigenvalue weighted by Gasteiger charge is -2.36.